The summed E-state index contributed by atoms with van der Waals surface area (Å²) >= 11 is 7.46. The van der Waals surface area contributed by atoms with Crippen molar-refractivity contribution in [1.82, 2.24) is 0 Å². The molecule has 100 valence electrons. The third-order valence-electron chi connectivity index (χ3n) is 2.29. The van der Waals surface area contributed by atoms with Crippen LogP contribution in [0.2, 0.25) is 0 Å². The van der Waals surface area contributed by atoms with Gasteiger partial charge in [0.05, 0.1) is 5.56 Å². The van der Waals surface area contributed by atoms with Crippen LogP contribution in [-0.4, -0.2) is 0 Å². The first-order chi connectivity index (χ1) is 8.86. The maximum atomic E-state index is 13.0. The minimum atomic E-state index is -4.36. The van der Waals surface area contributed by atoms with Crippen molar-refractivity contribution in [2.45, 2.75) is 16.0 Å². The minimum Gasteiger partial charge on any atom is -0.166 e. The molecule has 0 fully saturated rings. The van der Waals surface area contributed by atoms with Crippen LogP contribution in [-0.2, 0) is 6.18 Å². The summed E-state index contributed by atoms with van der Waals surface area (Å²) in [6.45, 7) is 0. The highest BCUT2D eigenvalue weighted by molar-refractivity contribution is 9.10. The second kappa shape index (κ2) is 5.89. The van der Waals surface area contributed by atoms with Gasteiger partial charge in [-0.05, 0) is 42.5 Å². The van der Waals surface area contributed by atoms with E-state index < -0.39 is 11.7 Å². The van der Waals surface area contributed by atoms with Gasteiger partial charge < -0.3 is 0 Å². The summed E-state index contributed by atoms with van der Waals surface area (Å²) in [4.78, 5) is 0.953. The fourth-order valence-corrected chi connectivity index (χ4v) is 3.01. The highest BCUT2D eigenvalue weighted by atomic mass is 79.9. The number of benzene rings is 2. The van der Waals surface area contributed by atoms with E-state index in [1.54, 1.807) is 30.3 Å². The van der Waals surface area contributed by atoms with Crippen LogP contribution in [0.25, 0.3) is 0 Å². The Bertz CT molecular complexity index is 579. The van der Waals surface area contributed by atoms with E-state index in [0.29, 0.717) is 4.47 Å². The Kier molecular flexibility index (Phi) is 4.63. The van der Waals surface area contributed by atoms with Crippen molar-refractivity contribution >= 4 is 43.6 Å². The molecule has 2 aromatic carbocycles. The van der Waals surface area contributed by atoms with Gasteiger partial charge in [-0.2, -0.15) is 13.2 Å². The SMILES string of the molecule is FC(F)(F)c1cc(Br)ccc1Sc1ccc(Br)cc1. The lowest BCUT2D eigenvalue weighted by molar-refractivity contribution is -0.139. The zero-order valence-corrected chi connectivity index (χ0v) is 13.3. The van der Waals surface area contributed by atoms with Crippen LogP contribution in [0, 0.1) is 0 Å². The average molecular weight is 412 g/mol. The summed E-state index contributed by atoms with van der Waals surface area (Å²) < 4.78 is 40.2. The van der Waals surface area contributed by atoms with E-state index in [9.17, 15) is 13.2 Å². The van der Waals surface area contributed by atoms with Gasteiger partial charge in [0.1, 0.15) is 0 Å². The first-order valence-electron chi connectivity index (χ1n) is 5.16. The molecule has 0 aromatic heterocycles. The standard InChI is InChI=1S/C13H7Br2F3S/c14-8-1-4-10(5-2-8)19-12-6-3-9(15)7-11(12)13(16,17)18/h1-7H. The molecule has 0 aliphatic carbocycles. The van der Waals surface area contributed by atoms with Gasteiger partial charge >= 0.3 is 6.18 Å². The van der Waals surface area contributed by atoms with Gasteiger partial charge in [0, 0.05) is 18.7 Å². The van der Waals surface area contributed by atoms with Crippen LogP contribution in [0.5, 0.6) is 0 Å². The zero-order chi connectivity index (χ0) is 14.0. The van der Waals surface area contributed by atoms with E-state index in [4.69, 9.17) is 0 Å². The quantitative estimate of drug-likeness (QED) is 0.552. The van der Waals surface area contributed by atoms with E-state index in [0.717, 1.165) is 27.2 Å². The Labute approximate surface area is 129 Å². The van der Waals surface area contributed by atoms with Gasteiger partial charge in [0.2, 0.25) is 0 Å². The van der Waals surface area contributed by atoms with E-state index in [1.807, 2.05) is 0 Å². The molecular formula is C13H7Br2F3S. The summed E-state index contributed by atoms with van der Waals surface area (Å²) in [6, 6.07) is 11.3. The van der Waals surface area contributed by atoms with E-state index in [2.05, 4.69) is 31.9 Å². The zero-order valence-electron chi connectivity index (χ0n) is 9.34. The monoisotopic (exact) mass is 410 g/mol. The van der Waals surface area contributed by atoms with Gasteiger partial charge in [0.15, 0.2) is 0 Å². The normalized spacial score (nSPS) is 11.6. The van der Waals surface area contributed by atoms with Crippen LogP contribution in [0.3, 0.4) is 0 Å². The molecule has 6 heteroatoms. The average Bonchev–Trinajstić information content (AvgIpc) is 2.33. The van der Waals surface area contributed by atoms with Crippen LogP contribution >= 0.6 is 43.6 Å². The third-order valence-corrected chi connectivity index (χ3v) is 4.39. The molecule has 0 aliphatic rings. The molecule has 0 saturated heterocycles. The molecule has 19 heavy (non-hydrogen) atoms. The van der Waals surface area contributed by atoms with Gasteiger partial charge in [0.25, 0.3) is 0 Å². The van der Waals surface area contributed by atoms with Crippen LogP contribution in [0.1, 0.15) is 5.56 Å². The maximum absolute atomic E-state index is 13.0. The van der Waals surface area contributed by atoms with E-state index in [-0.39, 0.29) is 4.90 Å². The number of hydrogen-bond donors (Lipinski definition) is 0. The Morgan fingerprint density at radius 1 is 0.842 bits per heavy atom. The molecule has 0 atom stereocenters. The first-order valence-corrected chi connectivity index (χ1v) is 7.57. The molecule has 2 aromatic rings. The molecule has 0 spiro atoms. The van der Waals surface area contributed by atoms with Crippen molar-refractivity contribution in [3.05, 3.63) is 57.0 Å². The summed E-state index contributed by atoms with van der Waals surface area (Å²) in [5, 5.41) is 0. The van der Waals surface area contributed by atoms with Crippen molar-refractivity contribution < 1.29 is 13.2 Å². The largest absolute Gasteiger partial charge is 0.417 e. The molecule has 0 nitrogen and oxygen atoms in total. The van der Waals surface area contributed by atoms with Crippen LogP contribution < -0.4 is 0 Å². The number of halogens is 5. The van der Waals surface area contributed by atoms with Crippen LogP contribution in [0.4, 0.5) is 13.2 Å². The molecule has 0 bridgehead atoms. The second-order valence-electron chi connectivity index (χ2n) is 3.69. The van der Waals surface area contributed by atoms with E-state index >= 15 is 0 Å². The molecule has 0 N–H and O–H groups in total. The predicted molar refractivity (Wildman–Crippen MR) is 77.4 cm³/mol. The maximum Gasteiger partial charge on any atom is 0.417 e. The number of alkyl halides is 3. The van der Waals surface area contributed by atoms with Crippen LogP contribution in [0.15, 0.2) is 61.2 Å². The lowest BCUT2D eigenvalue weighted by atomic mass is 10.2. The lowest BCUT2D eigenvalue weighted by Gasteiger charge is -2.12. The van der Waals surface area contributed by atoms with Crippen molar-refractivity contribution in [2.24, 2.45) is 0 Å². The summed E-state index contributed by atoms with van der Waals surface area (Å²) in [6.07, 6.45) is -4.36. The molecule has 0 aliphatic heterocycles. The molecule has 0 heterocycles. The van der Waals surface area contributed by atoms with Gasteiger partial charge in [-0.1, -0.05) is 43.6 Å². The smallest absolute Gasteiger partial charge is 0.166 e. The molecule has 0 radical (unpaired) electrons. The fourth-order valence-electron chi connectivity index (χ4n) is 1.44. The minimum absolute atomic E-state index is 0.193. The van der Waals surface area contributed by atoms with E-state index in [1.165, 1.54) is 6.07 Å². The van der Waals surface area contributed by atoms with Gasteiger partial charge in [-0.25, -0.2) is 0 Å². The number of rotatable bonds is 2. The van der Waals surface area contributed by atoms with Crippen molar-refractivity contribution in [2.75, 3.05) is 0 Å². The molecule has 0 amide bonds. The molecule has 0 unspecified atom stereocenters. The molecule has 2 rings (SSSR count). The second-order valence-corrected chi connectivity index (χ2v) is 6.64. The summed E-state index contributed by atoms with van der Waals surface area (Å²) in [5.74, 6) is 0. The Morgan fingerprint density at radius 3 is 2.00 bits per heavy atom. The summed E-state index contributed by atoms with van der Waals surface area (Å²) in [7, 11) is 0. The molecular weight excluding hydrogens is 405 g/mol. The Morgan fingerprint density at radius 2 is 1.42 bits per heavy atom. The topological polar surface area (TPSA) is 0 Å². The summed E-state index contributed by atoms with van der Waals surface area (Å²) in [5.41, 5.74) is -0.630. The molecule has 0 saturated carbocycles. The predicted octanol–water partition coefficient (Wildman–Crippen LogP) is 6.38. The van der Waals surface area contributed by atoms with Gasteiger partial charge in [-0.3, -0.25) is 0 Å². The van der Waals surface area contributed by atoms with Gasteiger partial charge in [-0.15, -0.1) is 0 Å². The third kappa shape index (κ3) is 4.00. The highest BCUT2D eigenvalue weighted by Gasteiger charge is 2.33. The van der Waals surface area contributed by atoms with Crippen molar-refractivity contribution in [3.63, 3.8) is 0 Å². The first kappa shape index (κ1) is 14.9. The fraction of sp³-hybridized carbons (Fsp3) is 0.0769. The lowest BCUT2D eigenvalue weighted by Crippen LogP contribution is -2.06. The van der Waals surface area contributed by atoms with Crippen molar-refractivity contribution in [3.8, 4) is 0 Å². The highest BCUT2D eigenvalue weighted by Crippen LogP contribution is 2.40. The number of hydrogen-bond acceptors (Lipinski definition) is 1. The Hall–Kier alpha value is -0.460. The van der Waals surface area contributed by atoms with Crippen molar-refractivity contribution in [1.29, 1.82) is 0 Å². The Balaban J connectivity index is 2.37.